The fourth-order valence-corrected chi connectivity index (χ4v) is 3.40. The average Bonchev–Trinajstić information content (AvgIpc) is 3.10. The summed E-state index contributed by atoms with van der Waals surface area (Å²) in [5.74, 6) is -1.60. The first-order valence-electron chi connectivity index (χ1n) is 9.79. The lowest BCUT2D eigenvalue weighted by atomic mass is 9.99. The maximum Gasteiger partial charge on any atom is 0.338 e. The lowest BCUT2D eigenvalue weighted by molar-refractivity contribution is -0.116. The molecule has 0 spiro atoms. The number of anilines is 1. The third-order valence-corrected chi connectivity index (χ3v) is 5.24. The van der Waals surface area contributed by atoms with E-state index in [2.05, 4.69) is 5.32 Å². The smallest absolute Gasteiger partial charge is 0.338 e. The lowest BCUT2D eigenvalue weighted by Crippen LogP contribution is -2.14. The summed E-state index contributed by atoms with van der Waals surface area (Å²) < 4.78 is 5.14. The highest BCUT2D eigenvalue weighted by Gasteiger charge is 2.27. The molecule has 1 atom stereocenters. The number of fused-ring (bicyclic) bond motifs is 1. The van der Waals surface area contributed by atoms with Crippen LogP contribution in [0.2, 0.25) is 0 Å². The van der Waals surface area contributed by atoms with Crippen LogP contribution in [0, 0.1) is 0 Å². The largest absolute Gasteiger partial charge is 0.454 e. The first-order valence-corrected chi connectivity index (χ1v) is 9.79. The summed E-state index contributed by atoms with van der Waals surface area (Å²) in [6, 6.07) is 19.9. The van der Waals surface area contributed by atoms with Crippen LogP contribution in [0.3, 0.4) is 0 Å². The number of ketones is 2. The van der Waals surface area contributed by atoms with Crippen molar-refractivity contribution in [1.82, 2.24) is 0 Å². The molecule has 1 heterocycles. The molecule has 4 rings (SSSR count). The molecule has 0 aromatic heterocycles. The number of esters is 1. The molecule has 1 N–H and O–H groups in total. The second kappa shape index (κ2) is 8.36. The molecule has 0 unspecified atom stereocenters. The van der Waals surface area contributed by atoms with Crippen molar-refractivity contribution in [2.75, 3.05) is 11.9 Å². The molecule has 1 amide bonds. The number of nitrogens with one attached hydrogen (secondary N) is 1. The Bertz CT molecular complexity index is 1180. The van der Waals surface area contributed by atoms with Crippen molar-refractivity contribution < 1.29 is 23.9 Å². The van der Waals surface area contributed by atoms with Gasteiger partial charge in [-0.15, -0.1) is 0 Å². The Balaban J connectivity index is 1.38. The monoisotopic (exact) mass is 413 g/mol. The Morgan fingerprint density at radius 3 is 2.16 bits per heavy atom. The van der Waals surface area contributed by atoms with E-state index in [1.54, 1.807) is 61.5 Å². The molecule has 6 nitrogen and oxygen atoms in total. The predicted molar refractivity (Wildman–Crippen MR) is 114 cm³/mol. The van der Waals surface area contributed by atoms with Crippen molar-refractivity contribution in [3.05, 3.63) is 101 Å². The van der Waals surface area contributed by atoms with Gasteiger partial charge in [0.25, 0.3) is 0 Å². The van der Waals surface area contributed by atoms with Gasteiger partial charge in [-0.05, 0) is 42.8 Å². The molecule has 0 bridgehead atoms. The lowest BCUT2D eigenvalue weighted by Gasteiger charge is -2.07. The minimum atomic E-state index is -0.654. The van der Waals surface area contributed by atoms with Crippen LogP contribution in [0.4, 0.5) is 5.69 Å². The number of benzene rings is 3. The second-order valence-electron chi connectivity index (χ2n) is 7.28. The second-order valence-corrected chi connectivity index (χ2v) is 7.28. The fraction of sp³-hybridized carbons (Fsp3) is 0.120. The molecule has 3 aromatic rings. The van der Waals surface area contributed by atoms with E-state index < -0.39 is 12.6 Å². The standard InChI is InChI=1S/C25H19NO5/c1-15-20-13-19(11-12-21(20)26-24(15)29)22(27)14-31-25(30)18-9-7-17(8-10-18)23(28)16-5-3-2-4-6-16/h2-13,15H,14H2,1H3,(H,26,29)/t15-/m1/s1. The van der Waals surface area contributed by atoms with E-state index >= 15 is 0 Å². The minimum absolute atomic E-state index is 0.111. The van der Waals surface area contributed by atoms with Crippen LogP contribution in [0.15, 0.2) is 72.8 Å². The molecule has 0 aliphatic carbocycles. The topological polar surface area (TPSA) is 89.5 Å². The molecule has 1 aliphatic rings. The first-order chi connectivity index (χ1) is 14.9. The molecule has 0 fully saturated rings. The van der Waals surface area contributed by atoms with Gasteiger partial charge in [-0.3, -0.25) is 14.4 Å². The Morgan fingerprint density at radius 2 is 1.45 bits per heavy atom. The molecule has 3 aromatic carbocycles. The van der Waals surface area contributed by atoms with E-state index in [-0.39, 0.29) is 29.0 Å². The van der Waals surface area contributed by atoms with Gasteiger partial charge in [0.05, 0.1) is 11.5 Å². The highest BCUT2D eigenvalue weighted by Crippen LogP contribution is 2.32. The van der Waals surface area contributed by atoms with Crippen LogP contribution in [0.5, 0.6) is 0 Å². The Labute approximate surface area is 178 Å². The number of Topliss-reactive ketones (excluding diaryl/α,β-unsaturated/α-hetero) is 1. The van der Waals surface area contributed by atoms with Gasteiger partial charge in [0.15, 0.2) is 18.2 Å². The Hall–Kier alpha value is -4.06. The van der Waals surface area contributed by atoms with E-state index in [0.717, 1.165) is 5.56 Å². The summed E-state index contributed by atoms with van der Waals surface area (Å²) in [7, 11) is 0. The van der Waals surface area contributed by atoms with Crippen LogP contribution in [-0.4, -0.2) is 30.0 Å². The van der Waals surface area contributed by atoms with E-state index in [1.807, 2.05) is 6.07 Å². The van der Waals surface area contributed by atoms with E-state index in [4.69, 9.17) is 4.74 Å². The molecule has 0 saturated heterocycles. The SMILES string of the molecule is C[C@H]1C(=O)Nc2ccc(C(=O)COC(=O)c3ccc(C(=O)c4ccccc4)cc3)cc21. The number of amides is 1. The highest BCUT2D eigenvalue weighted by molar-refractivity contribution is 6.09. The summed E-state index contributed by atoms with van der Waals surface area (Å²) in [5.41, 5.74) is 3.07. The van der Waals surface area contributed by atoms with E-state index in [1.165, 1.54) is 12.1 Å². The Kier molecular flexibility index (Phi) is 5.45. The maximum atomic E-state index is 12.4. The Morgan fingerprint density at radius 1 is 0.839 bits per heavy atom. The van der Waals surface area contributed by atoms with Gasteiger partial charge in [0.2, 0.25) is 5.91 Å². The van der Waals surface area contributed by atoms with Gasteiger partial charge >= 0.3 is 5.97 Å². The molecule has 6 heteroatoms. The number of hydrogen-bond acceptors (Lipinski definition) is 5. The molecule has 0 radical (unpaired) electrons. The zero-order valence-corrected chi connectivity index (χ0v) is 16.8. The first kappa shape index (κ1) is 20.2. The van der Waals surface area contributed by atoms with Crippen LogP contribution in [-0.2, 0) is 9.53 Å². The number of hydrogen-bond donors (Lipinski definition) is 1. The number of ether oxygens (including phenoxy) is 1. The third-order valence-electron chi connectivity index (χ3n) is 5.24. The van der Waals surface area contributed by atoms with Gasteiger partial charge in [-0.2, -0.15) is 0 Å². The zero-order chi connectivity index (χ0) is 22.0. The van der Waals surface area contributed by atoms with Gasteiger partial charge in [-0.1, -0.05) is 42.5 Å². The van der Waals surface area contributed by atoms with Crippen molar-refractivity contribution >= 4 is 29.1 Å². The van der Waals surface area contributed by atoms with Crippen molar-refractivity contribution in [3.8, 4) is 0 Å². The maximum absolute atomic E-state index is 12.4. The summed E-state index contributed by atoms with van der Waals surface area (Å²) in [5, 5.41) is 2.75. The van der Waals surface area contributed by atoms with Crippen molar-refractivity contribution in [2.24, 2.45) is 0 Å². The van der Waals surface area contributed by atoms with E-state index in [9.17, 15) is 19.2 Å². The van der Waals surface area contributed by atoms with Gasteiger partial charge < -0.3 is 10.1 Å². The van der Waals surface area contributed by atoms with Gasteiger partial charge in [0, 0.05) is 22.4 Å². The minimum Gasteiger partial charge on any atom is -0.454 e. The van der Waals surface area contributed by atoms with Crippen LogP contribution in [0.1, 0.15) is 55.0 Å². The van der Waals surface area contributed by atoms with E-state index in [0.29, 0.717) is 22.4 Å². The van der Waals surface area contributed by atoms with Crippen molar-refractivity contribution in [1.29, 1.82) is 0 Å². The summed E-state index contributed by atoms with van der Waals surface area (Å²) in [6.07, 6.45) is 0. The van der Waals surface area contributed by atoms with Crippen molar-refractivity contribution in [2.45, 2.75) is 12.8 Å². The summed E-state index contributed by atoms with van der Waals surface area (Å²) >= 11 is 0. The van der Waals surface area contributed by atoms with Crippen LogP contribution < -0.4 is 5.32 Å². The zero-order valence-electron chi connectivity index (χ0n) is 16.8. The van der Waals surface area contributed by atoms with Crippen LogP contribution >= 0.6 is 0 Å². The predicted octanol–water partition coefficient (Wildman–Crippen LogP) is 4.01. The quantitative estimate of drug-likeness (QED) is 0.487. The average molecular weight is 413 g/mol. The highest BCUT2D eigenvalue weighted by atomic mass is 16.5. The molecular weight excluding hydrogens is 394 g/mol. The van der Waals surface area contributed by atoms with Crippen LogP contribution in [0.25, 0.3) is 0 Å². The van der Waals surface area contributed by atoms with Gasteiger partial charge in [-0.25, -0.2) is 4.79 Å². The fourth-order valence-electron chi connectivity index (χ4n) is 3.40. The third kappa shape index (κ3) is 4.14. The number of carbonyl (C=O) groups excluding carboxylic acids is 4. The summed E-state index contributed by atoms with van der Waals surface area (Å²) in [6.45, 7) is 1.35. The number of rotatable bonds is 6. The van der Waals surface area contributed by atoms with Crippen molar-refractivity contribution in [3.63, 3.8) is 0 Å². The van der Waals surface area contributed by atoms with Gasteiger partial charge in [0.1, 0.15) is 0 Å². The molecule has 0 saturated carbocycles. The molecule has 154 valence electrons. The molecule has 31 heavy (non-hydrogen) atoms. The molecular formula is C25H19NO5. The normalized spacial score (nSPS) is 14.5. The number of carbonyl (C=O) groups is 4. The molecule has 1 aliphatic heterocycles. The summed E-state index contributed by atoms with van der Waals surface area (Å²) in [4.78, 5) is 48.9.